The highest BCUT2D eigenvalue weighted by atomic mass is 32.2. The van der Waals surface area contributed by atoms with Gasteiger partial charge in [0.25, 0.3) is 0 Å². The molecule has 1 unspecified atom stereocenters. The molecule has 0 heterocycles. The van der Waals surface area contributed by atoms with E-state index in [9.17, 15) is 14.4 Å². The molecule has 6 heteroatoms. The predicted molar refractivity (Wildman–Crippen MR) is 120 cm³/mol. The van der Waals surface area contributed by atoms with Crippen LogP contribution in [0.2, 0.25) is 0 Å². The molecular formula is C21H45O4PS. The van der Waals surface area contributed by atoms with Crippen molar-refractivity contribution in [2.45, 2.75) is 110 Å². The number of rotatable bonds is 21. The van der Waals surface area contributed by atoms with Crippen LogP contribution in [0, 0.1) is 0 Å². The van der Waals surface area contributed by atoms with Crippen LogP contribution < -0.4 is 0 Å². The molecule has 1 atom stereocenters. The Labute approximate surface area is 172 Å². The van der Waals surface area contributed by atoms with Gasteiger partial charge in [0.15, 0.2) is 0 Å². The van der Waals surface area contributed by atoms with Crippen LogP contribution in [0.25, 0.3) is 0 Å². The van der Waals surface area contributed by atoms with Gasteiger partial charge in [-0.2, -0.15) is 11.8 Å². The Balaban J connectivity index is 3.72. The summed E-state index contributed by atoms with van der Waals surface area (Å²) in [4.78, 5) is 18.5. The maximum atomic E-state index is 11.3. The molecule has 164 valence electrons. The van der Waals surface area contributed by atoms with E-state index in [1.54, 1.807) is 11.8 Å². The van der Waals surface area contributed by atoms with Crippen molar-refractivity contribution in [2.75, 3.05) is 24.3 Å². The zero-order valence-electron chi connectivity index (χ0n) is 17.9. The molecule has 0 saturated heterocycles. The lowest BCUT2D eigenvalue weighted by Gasteiger charge is -2.18. The molecule has 0 rings (SSSR count). The minimum absolute atomic E-state index is 0.146. The summed E-state index contributed by atoms with van der Waals surface area (Å²) >= 11 is 1.78. The van der Waals surface area contributed by atoms with E-state index in [1.165, 1.54) is 77.0 Å². The van der Waals surface area contributed by atoms with Crippen molar-refractivity contribution in [3.8, 4) is 0 Å². The molecule has 4 nitrogen and oxygen atoms in total. The summed E-state index contributed by atoms with van der Waals surface area (Å²) in [6, 6.07) is 0. The van der Waals surface area contributed by atoms with Crippen molar-refractivity contribution in [2.24, 2.45) is 0 Å². The summed E-state index contributed by atoms with van der Waals surface area (Å²) in [5.74, 6) is 1.75. The molecule has 0 bridgehead atoms. The molecule has 0 amide bonds. The maximum Gasteiger partial charge on any atom is 0.328 e. The van der Waals surface area contributed by atoms with Crippen molar-refractivity contribution in [3.63, 3.8) is 0 Å². The van der Waals surface area contributed by atoms with E-state index in [2.05, 4.69) is 13.8 Å². The lowest BCUT2D eigenvalue weighted by atomic mass is 10.1. The lowest BCUT2D eigenvalue weighted by molar-refractivity contribution is 0.0774. The highest BCUT2D eigenvalue weighted by molar-refractivity contribution is 7.99. The van der Waals surface area contributed by atoms with Crippen LogP contribution in [0.15, 0.2) is 0 Å². The SMILES string of the molecule is CCCCCCCCCCSCC(CP(=O)(O)O)OCCCCCCCC. The highest BCUT2D eigenvalue weighted by Gasteiger charge is 2.22. The van der Waals surface area contributed by atoms with Gasteiger partial charge in [0.2, 0.25) is 0 Å². The van der Waals surface area contributed by atoms with Gasteiger partial charge in [-0.25, -0.2) is 0 Å². The first-order valence-corrected chi connectivity index (χ1v) is 14.2. The molecule has 0 fully saturated rings. The van der Waals surface area contributed by atoms with Crippen molar-refractivity contribution in [1.29, 1.82) is 0 Å². The molecule has 0 saturated carbocycles. The van der Waals surface area contributed by atoms with Gasteiger partial charge >= 0.3 is 7.60 Å². The highest BCUT2D eigenvalue weighted by Crippen LogP contribution is 2.36. The van der Waals surface area contributed by atoms with Crippen LogP contribution in [0.3, 0.4) is 0 Å². The van der Waals surface area contributed by atoms with Gasteiger partial charge in [-0.1, -0.05) is 90.9 Å². The molecule has 0 aliphatic carbocycles. The fraction of sp³-hybridized carbons (Fsp3) is 1.00. The molecule has 2 N–H and O–H groups in total. The molecule has 0 aromatic rings. The smallest absolute Gasteiger partial charge is 0.328 e. The Morgan fingerprint density at radius 1 is 0.778 bits per heavy atom. The van der Waals surface area contributed by atoms with Gasteiger partial charge in [0.05, 0.1) is 12.3 Å². The average molecular weight is 425 g/mol. The summed E-state index contributed by atoms with van der Waals surface area (Å²) in [6.07, 6.45) is 17.2. The van der Waals surface area contributed by atoms with E-state index in [0.29, 0.717) is 12.4 Å². The second-order valence-electron chi connectivity index (χ2n) is 7.66. The van der Waals surface area contributed by atoms with Crippen LogP contribution in [-0.4, -0.2) is 40.2 Å². The van der Waals surface area contributed by atoms with E-state index >= 15 is 0 Å². The topological polar surface area (TPSA) is 66.8 Å². The third-order valence-corrected chi connectivity index (χ3v) is 6.81. The molecule has 27 heavy (non-hydrogen) atoms. The van der Waals surface area contributed by atoms with Crippen LogP contribution >= 0.6 is 19.4 Å². The van der Waals surface area contributed by atoms with Crippen molar-refractivity contribution in [3.05, 3.63) is 0 Å². The van der Waals surface area contributed by atoms with Crippen molar-refractivity contribution < 1.29 is 19.1 Å². The molecule has 0 aliphatic heterocycles. The third kappa shape index (κ3) is 22.6. The number of thioether (sulfide) groups is 1. The van der Waals surface area contributed by atoms with Crippen LogP contribution in [0.5, 0.6) is 0 Å². The van der Waals surface area contributed by atoms with Crippen molar-refractivity contribution >= 4 is 19.4 Å². The quantitative estimate of drug-likeness (QED) is 0.157. The zero-order valence-corrected chi connectivity index (χ0v) is 19.6. The first-order valence-electron chi connectivity index (χ1n) is 11.2. The molecule has 0 spiro atoms. The average Bonchev–Trinajstić information content (AvgIpc) is 2.61. The van der Waals surface area contributed by atoms with E-state index in [-0.39, 0.29) is 12.3 Å². The Hall–Kier alpha value is 0.460. The Morgan fingerprint density at radius 3 is 1.78 bits per heavy atom. The Morgan fingerprint density at radius 2 is 1.26 bits per heavy atom. The van der Waals surface area contributed by atoms with E-state index in [1.807, 2.05) is 0 Å². The summed E-state index contributed by atoms with van der Waals surface area (Å²) in [6.45, 7) is 5.07. The summed E-state index contributed by atoms with van der Waals surface area (Å²) in [7, 11) is -4.01. The molecule has 0 aromatic heterocycles. The van der Waals surface area contributed by atoms with E-state index in [4.69, 9.17) is 4.74 Å². The first-order chi connectivity index (χ1) is 13.0. The van der Waals surface area contributed by atoms with Gasteiger partial charge in [-0.3, -0.25) is 4.57 Å². The van der Waals surface area contributed by atoms with Gasteiger partial charge in [0.1, 0.15) is 0 Å². The largest absolute Gasteiger partial charge is 0.377 e. The van der Waals surface area contributed by atoms with Gasteiger partial charge in [-0.15, -0.1) is 0 Å². The van der Waals surface area contributed by atoms with E-state index < -0.39 is 7.60 Å². The molecule has 0 aliphatic rings. The Bertz CT molecular complexity index is 349. The third-order valence-electron chi connectivity index (χ3n) is 4.74. The second-order valence-corrected chi connectivity index (χ2v) is 10.5. The Kier molecular flexibility index (Phi) is 20.1. The minimum Gasteiger partial charge on any atom is -0.377 e. The van der Waals surface area contributed by atoms with Gasteiger partial charge in [-0.05, 0) is 18.6 Å². The number of unbranched alkanes of at least 4 members (excludes halogenated alkanes) is 12. The lowest BCUT2D eigenvalue weighted by Crippen LogP contribution is -2.22. The maximum absolute atomic E-state index is 11.3. The zero-order chi connectivity index (χ0) is 20.2. The van der Waals surface area contributed by atoms with Crippen LogP contribution in [0.1, 0.15) is 104 Å². The fourth-order valence-corrected chi connectivity index (χ4v) is 5.10. The summed E-state index contributed by atoms with van der Waals surface area (Å²) in [5, 5.41) is 0. The van der Waals surface area contributed by atoms with E-state index in [0.717, 1.165) is 18.6 Å². The van der Waals surface area contributed by atoms with Crippen LogP contribution in [-0.2, 0) is 9.30 Å². The van der Waals surface area contributed by atoms with Crippen LogP contribution in [0.4, 0.5) is 0 Å². The number of ether oxygens (including phenoxy) is 1. The standard InChI is InChI=1S/C21H45O4PS/c1-3-5-7-9-11-12-14-16-18-27-20-21(19-26(22,23)24)25-17-15-13-10-8-6-4-2/h21H,3-20H2,1-2H3,(H2,22,23,24). The molecular weight excluding hydrogens is 379 g/mol. The molecule has 0 aromatic carbocycles. The normalized spacial score (nSPS) is 13.2. The summed E-state index contributed by atoms with van der Waals surface area (Å²) in [5.41, 5.74) is 0. The second kappa shape index (κ2) is 19.8. The van der Waals surface area contributed by atoms with Gasteiger partial charge in [0, 0.05) is 12.4 Å². The minimum atomic E-state index is -4.01. The van der Waals surface area contributed by atoms with Gasteiger partial charge < -0.3 is 14.5 Å². The fourth-order valence-electron chi connectivity index (χ4n) is 3.10. The summed E-state index contributed by atoms with van der Waals surface area (Å²) < 4.78 is 17.1. The predicted octanol–water partition coefficient (Wildman–Crippen LogP) is 6.78. The van der Waals surface area contributed by atoms with Crippen molar-refractivity contribution in [1.82, 2.24) is 0 Å². The monoisotopic (exact) mass is 424 g/mol. The first kappa shape index (κ1) is 27.5. The number of hydrogen-bond acceptors (Lipinski definition) is 3. The number of hydrogen-bond donors (Lipinski definition) is 2. The molecule has 0 radical (unpaired) electrons.